The van der Waals surface area contributed by atoms with Gasteiger partial charge in [0.25, 0.3) is 11.8 Å². The van der Waals surface area contributed by atoms with Crippen LogP contribution in [0.15, 0.2) is 53.0 Å². The van der Waals surface area contributed by atoms with Crippen molar-refractivity contribution in [1.82, 2.24) is 4.98 Å². The molecule has 3 aromatic rings. The smallest absolute Gasteiger partial charge is 0.268 e. The van der Waals surface area contributed by atoms with Crippen molar-refractivity contribution in [3.8, 4) is 0 Å². The third-order valence-electron chi connectivity index (χ3n) is 3.98. The number of carbonyl (C=O) groups excluding carboxylic acids is 2. The third-order valence-corrected chi connectivity index (χ3v) is 4.47. The maximum Gasteiger partial charge on any atom is 0.268 e. The van der Waals surface area contributed by atoms with Gasteiger partial charge < -0.3 is 0 Å². The second kappa shape index (κ2) is 4.99. The van der Waals surface area contributed by atoms with Crippen LogP contribution in [0.1, 0.15) is 26.4 Å². The molecule has 4 rings (SSSR count). The predicted molar refractivity (Wildman–Crippen MR) is 91.8 cm³/mol. The molecule has 1 aromatic heterocycles. The highest BCUT2D eigenvalue weighted by Crippen LogP contribution is 2.35. The molecule has 0 fully saturated rings. The molecule has 0 spiro atoms. The Morgan fingerprint density at radius 1 is 0.957 bits per heavy atom. The molecule has 0 N–H and O–H groups in total. The van der Waals surface area contributed by atoms with Gasteiger partial charge in [-0.15, -0.1) is 0 Å². The van der Waals surface area contributed by atoms with Gasteiger partial charge in [0, 0.05) is 9.86 Å². The minimum absolute atomic E-state index is 0.301. The molecule has 0 saturated carbocycles. The predicted octanol–water partition coefficient (Wildman–Crippen LogP) is 4.11. The lowest BCUT2D eigenvalue weighted by Crippen LogP contribution is -2.29. The van der Waals surface area contributed by atoms with Gasteiger partial charge in [-0.3, -0.25) is 14.6 Å². The number of carbonyl (C=O) groups is 2. The van der Waals surface area contributed by atoms with Crippen molar-refractivity contribution < 1.29 is 9.59 Å². The molecule has 0 unspecified atom stereocenters. The van der Waals surface area contributed by atoms with E-state index in [2.05, 4.69) is 20.9 Å². The summed E-state index contributed by atoms with van der Waals surface area (Å²) >= 11 is 3.42. The first-order chi connectivity index (χ1) is 11.1. The summed E-state index contributed by atoms with van der Waals surface area (Å²) in [6, 6.07) is 14.5. The Kier molecular flexibility index (Phi) is 3.06. The van der Waals surface area contributed by atoms with Crippen molar-refractivity contribution in [1.29, 1.82) is 0 Å². The van der Waals surface area contributed by atoms with Gasteiger partial charge in [0.05, 0.1) is 28.0 Å². The number of para-hydroxylation sites is 1. The van der Waals surface area contributed by atoms with E-state index in [4.69, 9.17) is 0 Å². The maximum atomic E-state index is 12.9. The molecule has 2 heterocycles. The zero-order valence-electron chi connectivity index (χ0n) is 12.2. The van der Waals surface area contributed by atoms with E-state index in [0.717, 1.165) is 4.47 Å². The van der Waals surface area contributed by atoms with Gasteiger partial charge in [-0.25, -0.2) is 4.90 Å². The number of rotatable bonds is 1. The average molecular weight is 367 g/mol. The van der Waals surface area contributed by atoms with Crippen LogP contribution in [-0.2, 0) is 0 Å². The molecule has 4 nitrogen and oxygen atoms in total. The van der Waals surface area contributed by atoms with Crippen molar-refractivity contribution in [3.05, 3.63) is 69.8 Å². The van der Waals surface area contributed by atoms with Crippen LogP contribution < -0.4 is 4.90 Å². The van der Waals surface area contributed by atoms with Crippen molar-refractivity contribution in [2.45, 2.75) is 6.92 Å². The topological polar surface area (TPSA) is 50.3 Å². The minimum atomic E-state index is -0.317. The molecule has 0 bridgehead atoms. The number of halogens is 1. The second-order valence-corrected chi connectivity index (χ2v) is 6.31. The molecular weight excluding hydrogens is 356 g/mol. The first kappa shape index (κ1) is 14.1. The summed E-state index contributed by atoms with van der Waals surface area (Å²) < 4.78 is 0.844. The van der Waals surface area contributed by atoms with Crippen LogP contribution in [0.3, 0.4) is 0 Å². The number of nitrogens with zero attached hydrogens (tertiary/aromatic N) is 2. The minimum Gasteiger partial charge on any atom is -0.268 e. The summed E-state index contributed by atoms with van der Waals surface area (Å²) in [7, 11) is 0. The fourth-order valence-corrected chi connectivity index (χ4v) is 3.33. The van der Waals surface area contributed by atoms with Crippen LogP contribution in [-0.4, -0.2) is 16.8 Å². The summed E-state index contributed by atoms with van der Waals surface area (Å²) in [5.74, 6) is -0.618. The zero-order valence-corrected chi connectivity index (χ0v) is 13.8. The van der Waals surface area contributed by atoms with Gasteiger partial charge in [0.15, 0.2) is 0 Å². The first-order valence-corrected chi connectivity index (χ1v) is 7.91. The molecule has 0 atom stereocenters. The second-order valence-electron chi connectivity index (χ2n) is 5.39. The summed E-state index contributed by atoms with van der Waals surface area (Å²) in [4.78, 5) is 31.5. The molecule has 0 radical (unpaired) electrons. The van der Waals surface area contributed by atoms with Crippen LogP contribution in [0.2, 0.25) is 0 Å². The Labute approximate surface area is 140 Å². The number of hydrogen-bond donors (Lipinski definition) is 0. The van der Waals surface area contributed by atoms with E-state index in [1.54, 1.807) is 31.2 Å². The van der Waals surface area contributed by atoms with E-state index < -0.39 is 0 Å². The monoisotopic (exact) mass is 366 g/mol. The Morgan fingerprint density at radius 2 is 1.65 bits per heavy atom. The van der Waals surface area contributed by atoms with Crippen LogP contribution in [0, 0.1) is 6.92 Å². The number of benzene rings is 2. The summed E-state index contributed by atoms with van der Waals surface area (Å²) in [5.41, 5.74) is 2.68. The number of aromatic nitrogens is 1. The van der Waals surface area contributed by atoms with Gasteiger partial charge in [0.1, 0.15) is 0 Å². The van der Waals surface area contributed by atoms with Crippen molar-refractivity contribution >= 4 is 44.3 Å². The van der Waals surface area contributed by atoms with Crippen molar-refractivity contribution in [3.63, 3.8) is 0 Å². The molecule has 2 amide bonds. The van der Waals surface area contributed by atoms with E-state index in [-0.39, 0.29) is 11.8 Å². The van der Waals surface area contributed by atoms with Crippen LogP contribution in [0.5, 0.6) is 0 Å². The number of pyridine rings is 1. The zero-order chi connectivity index (χ0) is 16.1. The van der Waals surface area contributed by atoms with E-state index in [0.29, 0.717) is 33.4 Å². The number of fused-ring (bicyclic) bond motifs is 3. The Hall–Kier alpha value is -2.53. The number of anilines is 1. The van der Waals surface area contributed by atoms with Crippen LogP contribution in [0.4, 0.5) is 5.69 Å². The van der Waals surface area contributed by atoms with Gasteiger partial charge in [-0.1, -0.05) is 34.1 Å². The molecule has 0 aliphatic carbocycles. The summed E-state index contributed by atoms with van der Waals surface area (Å²) in [6.07, 6.45) is 0. The molecule has 112 valence electrons. The highest BCUT2D eigenvalue weighted by Gasteiger charge is 2.39. The molecule has 0 saturated heterocycles. The quantitative estimate of drug-likeness (QED) is 0.609. The number of aryl methyl sites for hydroxylation is 1. The summed E-state index contributed by atoms with van der Waals surface area (Å²) in [6.45, 7) is 1.76. The van der Waals surface area contributed by atoms with Crippen LogP contribution in [0.25, 0.3) is 10.9 Å². The molecule has 1 aliphatic rings. The SMILES string of the molecule is Cc1nc2ccc(Br)cc2c2c1C(=O)N(c1ccccc1)C2=O. The fourth-order valence-electron chi connectivity index (χ4n) is 2.97. The number of imide groups is 1. The molecule has 5 heteroatoms. The Balaban J connectivity index is 2.02. The first-order valence-electron chi connectivity index (χ1n) is 7.11. The van der Waals surface area contributed by atoms with Gasteiger partial charge in [-0.2, -0.15) is 0 Å². The van der Waals surface area contributed by atoms with Crippen LogP contribution >= 0.6 is 15.9 Å². The highest BCUT2D eigenvalue weighted by molar-refractivity contribution is 9.10. The Morgan fingerprint density at radius 3 is 2.39 bits per heavy atom. The van der Waals surface area contributed by atoms with E-state index in [9.17, 15) is 9.59 Å². The average Bonchev–Trinajstić information content (AvgIpc) is 2.81. The maximum absolute atomic E-state index is 12.9. The molecule has 2 aromatic carbocycles. The lowest BCUT2D eigenvalue weighted by Gasteiger charge is -2.13. The van der Waals surface area contributed by atoms with Crippen molar-refractivity contribution in [2.75, 3.05) is 4.90 Å². The van der Waals surface area contributed by atoms with E-state index in [1.165, 1.54) is 4.90 Å². The van der Waals surface area contributed by atoms with Crippen molar-refractivity contribution in [2.24, 2.45) is 0 Å². The normalized spacial score (nSPS) is 13.7. The lowest BCUT2D eigenvalue weighted by atomic mass is 10.0. The Bertz CT molecular complexity index is 983. The highest BCUT2D eigenvalue weighted by atomic mass is 79.9. The fraction of sp³-hybridized carbons (Fsp3) is 0.0556. The molecular formula is C18H11BrN2O2. The lowest BCUT2D eigenvalue weighted by molar-refractivity contribution is 0.0926. The third kappa shape index (κ3) is 2.00. The van der Waals surface area contributed by atoms with E-state index >= 15 is 0 Å². The van der Waals surface area contributed by atoms with Gasteiger partial charge in [-0.05, 0) is 37.3 Å². The van der Waals surface area contributed by atoms with Gasteiger partial charge >= 0.3 is 0 Å². The standard InChI is InChI=1S/C18H11BrN2O2/c1-10-15-16(13-9-11(19)7-8-14(13)20-10)18(23)21(17(15)22)12-5-3-2-4-6-12/h2-9H,1H3. The molecule has 1 aliphatic heterocycles. The van der Waals surface area contributed by atoms with Gasteiger partial charge in [0.2, 0.25) is 0 Å². The summed E-state index contributed by atoms with van der Waals surface area (Å²) in [5, 5.41) is 0.691. The van der Waals surface area contributed by atoms with E-state index in [1.807, 2.05) is 24.3 Å². The number of hydrogen-bond acceptors (Lipinski definition) is 3. The largest absolute Gasteiger partial charge is 0.268 e. The number of amides is 2. The molecule has 23 heavy (non-hydrogen) atoms.